The summed E-state index contributed by atoms with van der Waals surface area (Å²) >= 11 is -1.31. The second kappa shape index (κ2) is 11.1. The van der Waals surface area contributed by atoms with Crippen LogP contribution >= 0.6 is 0 Å². The van der Waals surface area contributed by atoms with E-state index in [4.69, 9.17) is 0 Å². The highest BCUT2D eigenvalue weighted by molar-refractivity contribution is 7.90. The van der Waals surface area contributed by atoms with Crippen LogP contribution in [0.2, 0.25) is 0 Å². The highest BCUT2D eigenvalue weighted by Crippen LogP contribution is 2.48. The van der Waals surface area contributed by atoms with Crippen LogP contribution in [0.1, 0.15) is 75.0 Å². The van der Waals surface area contributed by atoms with Crippen molar-refractivity contribution >= 4 is 28.7 Å². The molecule has 1 aromatic carbocycles. The summed E-state index contributed by atoms with van der Waals surface area (Å²) in [6.45, 7) is 0. The lowest BCUT2D eigenvalue weighted by atomic mass is 9.67. The number of rotatable bonds is 8. The first-order valence-electron chi connectivity index (χ1n) is 13.7. The van der Waals surface area contributed by atoms with Gasteiger partial charge in [0.15, 0.2) is 0 Å². The first kappa shape index (κ1) is 27.3. The molecule has 2 heterocycles. The zero-order valence-corrected chi connectivity index (χ0v) is 23.4. The van der Waals surface area contributed by atoms with Gasteiger partial charge in [0.25, 0.3) is 5.91 Å². The van der Waals surface area contributed by atoms with E-state index in [1.54, 1.807) is 12.3 Å². The number of nitrogens with zero attached hydrogens (tertiary/aromatic N) is 2. The Balaban J connectivity index is 1.32. The van der Waals surface area contributed by atoms with Crippen LogP contribution in [0.25, 0.3) is 0 Å². The Labute approximate surface area is 228 Å². The molecule has 9 heteroatoms. The molecular formula is C29H39N5O3S. The molecule has 0 radical (unpaired) electrons. The van der Waals surface area contributed by atoms with Gasteiger partial charge in [-0.2, -0.15) is 4.98 Å². The van der Waals surface area contributed by atoms with E-state index >= 15 is 0 Å². The Hall–Kier alpha value is -2.30. The molecule has 0 bridgehead atoms. The van der Waals surface area contributed by atoms with Gasteiger partial charge in [-0.1, -0.05) is 36.8 Å². The molecular weight excluding hydrogens is 498 g/mol. The van der Waals surface area contributed by atoms with Crippen LogP contribution in [-0.4, -0.2) is 52.0 Å². The summed E-state index contributed by atoms with van der Waals surface area (Å²) in [4.78, 5) is 32.2. The molecule has 38 heavy (non-hydrogen) atoms. The van der Waals surface area contributed by atoms with Crippen molar-refractivity contribution < 1.29 is 14.1 Å². The van der Waals surface area contributed by atoms with Gasteiger partial charge in [0.1, 0.15) is 12.1 Å². The van der Waals surface area contributed by atoms with Crippen LogP contribution in [0.15, 0.2) is 47.5 Å². The number of ketones is 1. The van der Waals surface area contributed by atoms with E-state index in [0.717, 1.165) is 56.9 Å². The van der Waals surface area contributed by atoms with Gasteiger partial charge in [-0.3, -0.25) is 19.9 Å². The summed E-state index contributed by atoms with van der Waals surface area (Å²) < 4.78 is 12.2. The quantitative estimate of drug-likeness (QED) is 0.347. The lowest BCUT2D eigenvalue weighted by Crippen LogP contribution is -2.53. The number of hydrogen-bond acceptors (Lipinski definition) is 7. The van der Waals surface area contributed by atoms with Gasteiger partial charge < -0.3 is 9.87 Å². The molecule has 1 spiro atoms. The van der Waals surface area contributed by atoms with Crippen molar-refractivity contribution in [3.63, 3.8) is 0 Å². The summed E-state index contributed by atoms with van der Waals surface area (Å²) in [5.41, 5.74) is 9.13. The SMILES string of the molecule is CN(C)C1(c2ccccc2)CCC2(CC1)C[C@@H](c1ccc([S+](C)[O-])nc1NC(=O)C(=O)CC1CCC1)NN2. The summed E-state index contributed by atoms with van der Waals surface area (Å²) in [5, 5.41) is 3.15. The molecule has 2 aliphatic carbocycles. The lowest BCUT2D eigenvalue weighted by Gasteiger charge is -2.49. The fourth-order valence-corrected chi connectivity index (χ4v) is 6.84. The Bertz CT molecular complexity index is 1160. The van der Waals surface area contributed by atoms with Crippen LogP contribution in [0.3, 0.4) is 0 Å². The van der Waals surface area contributed by atoms with Crippen LogP contribution in [0, 0.1) is 5.92 Å². The van der Waals surface area contributed by atoms with Crippen LogP contribution in [-0.2, 0) is 26.3 Å². The van der Waals surface area contributed by atoms with E-state index in [1.807, 2.05) is 6.07 Å². The van der Waals surface area contributed by atoms with Crippen molar-refractivity contribution in [1.82, 2.24) is 20.7 Å². The molecule has 3 fully saturated rings. The number of carbonyl (C=O) groups is 2. The molecule has 8 nitrogen and oxygen atoms in total. The highest BCUT2D eigenvalue weighted by Gasteiger charge is 2.48. The van der Waals surface area contributed by atoms with Gasteiger partial charge in [-0.15, -0.1) is 0 Å². The number of aromatic nitrogens is 1. The number of Topliss-reactive ketones (excluding diaryl/α,β-unsaturated/α-hetero) is 1. The summed E-state index contributed by atoms with van der Waals surface area (Å²) in [6, 6.07) is 14.3. The number of amides is 1. The average molecular weight is 538 g/mol. The van der Waals surface area contributed by atoms with Crippen molar-refractivity contribution in [3.05, 3.63) is 53.6 Å². The topological polar surface area (TPSA) is 109 Å². The molecule has 5 rings (SSSR count). The molecule has 2 saturated carbocycles. The maximum absolute atomic E-state index is 12.8. The Morgan fingerprint density at radius 3 is 2.42 bits per heavy atom. The molecule has 2 atom stereocenters. The molecule has 3 N–H and O–H groups in total. The van der Waals surface area contributed by atoms with Gasteiger partial charge >= 0.3 is 0 Å². The van der Waals surface area contributed by atoms with E-state index in [9.17, 15) is 14.1 Å². The summed E-state index contributed by atoms with van der Waals surface area (Å²) in [6.07, 6.45) is 9.85. The van der Waals surface area contributed by atoms with Gasteiger partial charge in [0.05, 0.1) is 6.04 Å². The van der Waals surface area contributed by atoms with E-state index in [-0.39, 0.29) is 23.5 Å². The number of hydrazine groups is 1. The standard InChI is InChI=1S/C29H39N5O3S/c1-34(2)29(21-10-5-4-6-11-21)16-14-28(15-17-29)19-23(32-33-28)22-12-13-25(38(3)37)30-26(22)31-27(36)24(35)18-20-8-7-9-20/h4-6,10-13,20,23,32-33H,7-9,14-19H2,1-3H3,(H,30,31,36)/t23-,28?,29?,38?/m0/s1. The van der Waals surface area contributed by atoms with Gasteiger partial charge in [-0.25, -0.2) is 5.43 Å². The van der Waals surface area contributed by atoms with Crippen molar-refractivity contribution in [3.8, 4) is 0 Å². The lowest BCUT2D eigenvalue weighted by molar-refractivity contribution is -0.135. The molecule has 204 valence electrons. The molecule has 1 aliphatic heterocycles. The zero-order chi connectivity index (χ0) is 26.9. The van der Waals surface area contributed by atoms with Crippen molar-refractivity contribution in [2.45, 2.75) is 79.9 Å². The zero-order valence-electron chi connectivity index (χ0n) is 22.6. The largest absolute Gasteiger partial charge is 0.610 e. The predicted molar refractivity (Wildman–Crippen MR) is 149 cm³/mol. The van der Waals surface area contributed by atoms with Crippen LogP contribution in [0.4, 0.5) is 5.82 Å². The first-order chi connectivity index (χ1) is 18.2. The number of hydrogen-bond donors (Lipinski definition) is 3. The molecule has 3 aliphatic rings. The minimum absolute atomic E-state index is 0.000600. The van der Waals surface area contributed by atoms with Gasteiger partial charge in [0.2, 0.25) is 10.8 Å². The molecule has 2 aromatic rings. The molecule has 1 amide bonds. The molecule has 1 unspecified atom stereocenters. The van der Waals surface area contributed by atoms with Crippen LogP contribution < -0.4 is 16.2 Å². The van der Waals surface area contributed by atoms with E-state index < -0.39 is 22.9 Å². The van der Waals surface area contributed by atoms with Crippen molar-refractivity contribution in [2.24, 2.45) is 5.92 Å². The minimum Gasteiger partial charge on any atom is -0.610 e. The van der Waals surface area contributed by atoms with Crippen LogP contribution in [0.5, 0.6) is 0 Å². The van der Waals surface area contributed by atoms with Gasteiger partial charge in [-0.05, 0) is 76.6 Å². The summed E-state index contributed by atoms with van der Waals surface area (Å²) in [5.74, 6) is -0.412. The number of benzene rings is 1. The maximum Gasteiger partial charge on any atom is 0.292 e. The monoisotopic (exact) mass is 537 g/mol. The number of carbonyl (C=O) groups excluding carboxylic acids is 2. The number of anilines is 1. The third kappa shape index (κ3) is 5.40. The third-order valence-corrected chi connectivity index (χ3v) is 9.88. The number of pyridine rings is 1. The number of nitrogens with one attached hydrogen (secondary N) is 3. The Morgan fingerprint density at radius 1 is 1.11 bits per heavy atom. The smallest absolute Gasteiger partial charge is 0.292 e. The van der Waals surface area contributed by atoms with E-state index in [0.29, 0.717) is 16.8 Å². The highest BCUT2D eigenvalue weighted by atomic mass is 32.2. The minimum atomic E-state index is -1.31. The van der Waals surface area contributed by atoms with Gasteiger partial charge in [0, 0.05) is 40.3 Å². The Morgan fingerprint density at radius 2 is 1.82 bits per heavy atom. The maximum atomic E-state index is 12.8. The van der Waals surface area contributed by atoms with E-state index in [2.05, 4.69) is 70.5 Å². The third-order valence-electron chi connectivity index (χ3n) is 9.06. The van der Waals surface area contributed by atoms with Crippen molar-refractivity contribution in [1.29, 1.82) is 0 Å². The molecule has 1 saturated heterocycles. The van der Waals surface area contributed by atoms with Crippen molar-refractivity contribution in [2.75, 3.05) is 25.7 Å². The second-order valence-corrected chi connectivity index (χ2v) is 12.8. The fourth-order valence-electron chi connectivity index (χ4n) is 6.36. The second-order valence-electron chi connectivity index (χ2n) is 11.5. The first-order valence-corrected chi connectivity index (χ1v) is 15.2. The normalized spacial score (nSPS) is 28.3. The Kier molecular flexibility index (Phi) is 7.94. The summed E-state index contributed by atoms with van der Waals surface area (Å²) in [7, 11) is 4.33. The average Bonchev–Trinajstić information content (AvgIpc) is 3.30. The molecule has 1 aromatic heterocycles. The predicted octanol–water partition coefficient (Wildman–Crippen LogP) is 3.83. The van der Waals surface area contributed by atoms with E-state index in [1.165, 1.54) is 5.56 Å². The fraction of sp³-hybridized carbons (Fsp3) is 0.552.